The van der Waals surface area contributed by atoms with Gasteiger partial charge in [-0.15, -0.1) is 10.2 Å². The van der Waals surface area contributed by atoms with Crippen LogP contribution >= 0.6 is 0 Å². The second-order valence-electron chi connectivity index (χ2n) is 6.26. The van der Waals surface area contributed by atoms with Gasteiger partial charge < -0.3 is 19.6 Å². The number of aliphatic carboxylic acids is 1. The predicted octanol–water partition coefficient (Wildman–Crippen LogP) is 2.24. The first-order valence-corrected chi connectivity index (χ1v) is 9.08. The molecule has 0 unspecified atom stereocenters. The molecule has 0 bridgehead atoms. The molecular weight excluding hydrogens is 390 g/mol. The molecule has 0 aliphatic rings. The van der Waals surface area contributed by atoms with E-state index in [1.807, 2.05) is 25.1 Å². The lowest BCUT2D eigenvalue weighted by Crippen LogP contribution is -2.10. The monoisotopic (exact) mass is 407 g/mol. The van der Waals surface area contributed by atoms with Gasteiger partial charge in [0.15, 0.2) is 12.1 Å². The maximum atomic E-state index is 12.2. The van der Waals surface area contributed by atoms with E-state index in [1.54, 1.807) is 24.3 Å². The maximum Gasteiger partial charge on any atom is 0.341 e. The Balaban J connectivity index is 1.74. The lowest BCUT2D eigenvalue weighted by Gasteiger charge is -2.12. The van der Waals surface area contributed by atoms with Gasteiger partial charge in [0.2, 0.25) is 5.65 Å². The minimum atomic E-state index is -1.05. The van der Waals surface area contributed by atoms with Gasteiger partial charge in [-0.25, -0.2) is 9.78 Å². The van der Waals surface area contributed by atoms with Gasteiger partial charge in [0, 0.05) is 0 Å². The predicted molar refractivity (Wildman–Crippen MR) is 107 cm³/mol. The zero-order valence-corrected chi connectivity index (χ0v) is 15.9. The number of fused-ring (bicyclic) bond motifs is 1. The van der Waals surface area contributed by atoms with E-state index in [2.05, 4.69) is 25.4 Å². The molecule has 0 radical (unpaired) electrons. The highest BCUT2D eigenvalue weighted by Crippen LogP contribution is 2.33. The largest absolute Gasteiger partial charge is 0.493 e. The van der Waals surface area contributed by atoms with E-state index in [9.17, 15) is 9.59 Å². The van der Waals surface area contributed by atoms with Gasteiger partial charge >= 0.3 is 5.97 Å². The fourth-order valence-electron chi connectivity index (χ4n) is 2.97. The number of benzene rings is 2. The first kappa shape index (κ1) is 19.1. The van der Waals surface area contributed by atoms with Crippen LogP contribution < -0.4 is 15.0 Å². The molecule has 0 spiro atoms. The van der Waals surface area contributed by atoms with Crippen molar-refractivity contribution in [2.45, 2.75) is 6.92 Å². The van der Waals surface area contributed by atoms with Gasteiger partial charge in [-0.2, -0.15) is 5.21 Å². The average molecular weight is 407 g/mol. The number of nitrogens with zero attached hydrogens (tertiary/aromatic N) is 3. The Bertz CT molecular complexity index is 1280. The Morgan fingerprint density at radius 1 is 1.10 bits per heavy atom. The van der Waals surface area contributed by atoms with Gasteiger partial charge in [0.05, 0.1) is 12.2 Å². The van der Waals surface area contributed by atoms with Crippen molar-refractivity contribution >= 4 is 17.1 Å². The standard InChI is InChI=1S/C20H17N5O5/c1-2-29-15-9-12(11-4-3-5-13(8-11)30-10-16(26)27)6-7-14(15)18-21-19-17(20(28)22-18)23-25-24-19/h3-9H,2,10H2,1H3,(H,26,27)(H2,21,22,23,24,25,28). The number of aromatic nitrogens is 5. The Morgan fingerprint density at radius 3 is 2.73 bits per heavy atom. The minimum Gasteiger partial charge on any atom is -0.493 e. The molecule has 2 aromatic carbocycles. The molecule has 4 aromatic rings. The summed E-state index contributed by atoms with van der Waals surface area (Å²) in [5.41, 5.74) is 2.18. The van der Waals surface area contributed by atoms with Crippen molar-refractivity contribution in [3.8, 4) is 34.0 Å². The molecule has 0 aliphatic heterocycles. The van der Waals surface area contributed by atoms with Crippen molar-refractivity contribution in [3.63, 3.8) is 0 Å². The number of hydrogen-bond donors (Lipinski definition) is 3. The molecule has 2 aromatic heterocycles. The van der Waals surface area contributed by atoms with Crippen molar-refractivity contribution in [1.82, 2.24) is 25.4 Å². The summed E-state index contributed by atoms with van der Waals surface area (Å²) in [5, 5.41) is 18.8. The zero-order chi connectivity index (χ0) is 21.1. The Hall–Kier alpha value is -4.21. The number of ether oxygens (including phenoxy) is 2. The first-order valence-electron chi connectivity index (χ1n) is 9.08. The fourth-order valence-corrected chi connectivity index (χ4v) is 2.97. The molecular formula is C20H17N5O5. The van der Waals surface area contributed by atoms with Crippen LogP contribution in [0, 0.1) is 0 Å². The Morgan fingerprint density at radius 2 is 1.93 bits per heavy atom. The van der Waals surface area contributed by atoms with Crippen molar-refractivity contribution in [3.05, 3.63) is 52.8 Å². The molecule has 3 N–H and O–H groups in total. The van der Waals surface area contributed by atoms with Crippen LogP contribution in [0.25, 0.3) is 33.7 Å². The van der Waals surface area contributed by atoms with E-state index >= 15 is 0 Å². The SMILES string of the molecule is CCOc1cc(-c2cccc(OCC(=O)O)c2)ccc1-c1nc2n[nH]nc2c(=O)[nH]1. The third kappa shape index (κ3) is 3.83. The van der Waals surface area contributed by atoms with E-state index < -0.39 is 18.1 Å². The van der Waals surface area contributed by atoms with Gasteiger partial charge in [-0.1, -0.05) is 18.2 Å². The van der Waals surface area contributed by atoms with Crippen LogP contribution in [0.4, 0.5) is 0 Å². The highest BCUT2D eigenvalue weighted by Gasteiger charge is 2.14. The van der Waals surface area contributed by atoms with Crippen molar-refractivity contribution < 1.29 is 19.4 Å². The number of carboxylic acid groups (broad SMARTS) is 1. The van der Waals surface area contributed by atoms with Crippen LogP contribution in [0.1, 0.15) is 6.92 Å². The number of nitrogens with one attached hydrogen (secondary N) is 2. The van der Waals surface area contributed by atoms with Crippen LogP contribution in [0.3, 0.4) is 0 Å². The average Bonchev–Trinajstić information content (AvgIpc) is 3.22. The summed E-state index contributed by atoms with van der Waals surface area (Å²) < 4.78 is 11.0. The van der Waals surface area contributed by atoms with E-state index in [1.165, 1.54) is 0 Å². The summed E-state index contributed by atoms with van der Waals surface area (Å²) in [6, 6.07) is 12.5. The Kier molecular flexibility index (Phi) is 5.12. The third-order valence-electron chi connectivity index (χ3n) is 4.26. The number of carboxylic acids is 1. The van der Waals surface area contributed by atoms with E-state index in [0.717, 1.165) is 11.1 Å². The lowest BCUT2D eigenvalue weighted by molar-refractivity contribution is -0.139. The summed E-state index contributed by atoms with van der Waals surface area (Å²) in [5.74, 6) is 0.237. The van der Waals surface area contributed by atoms with E-state index in [0.29, 0.717) is 29.5 Å². The molecule has 0 saturated carbocycles. The number of rotatable bonds is 7. The third-order valence-corrected chi connectivity index (χ3v) is 4.26. The number of aromatic amines is 2. The molecule has 0 fully saturated rings. The molecule has 4 rings (SSSR count). The van der Waals surface area contributed by atoms with Crippen LogP contribution in [-0.2, 0) is 4.79 Å². The molecule has 30 heavy (non-hydrogen) atoms. The summed E-state index contributed by atoms with van der Waals surface area (Å²) in [4.78, 5) is 30.0. The number of hydrogen-bond acceptors (Lipinski definition) is 7. The van der Waals surface area contributed by atoms with Gasteiger partial charge in [-0.05, 0) is 42.3 Å². The molecule has 0 saturated heterocycles. The van der Waals surface area contributed by atoms with Crippen LogP contribution in [-0.4, -0.2) is 49.7 Å². The summed E-state index contributed by atoms with van der Waals surface area (Å²) in [7, 11) is 0. The van der Waals surface area contributed by atoms with E-state index in [-0.39, 0.29) is 11.2 Å². The second kappa shape index (κ2) is 8.03. The summed E-state index contributed by atoms with van der Waals surface area (Å²) in [6.45, 7) is 1.85. The Labute approximate surface area is 169 Å². The zero-order valence-electron chi connectivity index (χ0n) is 15.9. The van der Waals surface area contributed by atoms with Crippen LogP contribution in [0.5, 0.6) is 11.5 Å². The van der Waals surface area contributed by atoms with Crippen molar-refractivity contribution in [2.75, 3.05) is 13.2 Å². The van der Waals surface area contributed by atoms with Crippen LogP contribution in [0.15, 0.2) is 47.3 Å². The molecule has 152 valence electrons. The molecule has 0 atom stereocenters. The molecule has 2 heterocycles. The normalized spacial score (nSPS) is 10.8. The quantitative estimate of drug-likeness (QED) is 0.423. The topological polar surface area (TPSA) is 143 Å². The smallest absolute Gasteiger partial charge is 0.341 e. The van der Waals surface area contributed by atoms with Crippen molar-refractivity contribution in [1.29, 1.82) is 0 Å². The van der Waals surface area contributed by atoms with Crippen LogP contribution in [0.2, 0.25) is 0 Å². The highest BCUT2D eigenvalue weighted by atomic mass is 16.5. The van der Waals surface area contributed by atoms with E-state index in [4.69, 9.17) is 14.6 Å². The van der Waals surface area contributed by atoms with Gasteiger partial charge in [-0.3, -0.25) is 4.79 Å². The molecule has 10 heteroatoms. The fraction of sp³-hybridized carbons (Fsp3) is 0.150. The second-order valence-corrected chi connectivity index (χ2v) is 6.26. The molecule has 0 amide bonds. The molecule has 0 aliphatic carbocycles. The highest BCUT2D eigenvalue weighted by molar-refractivity contribution is 5.77. The molecule has 10 nitrogen and oxygen atoms in total. The summed E-state index contributed by atoms with van der Waals surface area (Å²) >= 11 is 0. The van der Waals surface area contributed by atoms with Gasteiger partial charge in [0.25, 0.3) is 5.56 Å². The number of H-pyrrole nitrogens is 2. The first-order chi connectivity index (χ1) is 14.5. The minimum absolute atomic E-state index is 0.131. The lowest BCUT2D eigenvalue weighted by atomic mass is 10.0. The maximum absolute atomic E-state index is 12.2. The van der Waals surface area contributed by atoms with Crippen molar-refractivity contribution in [2.24, 2.45) is 0 Å². The number of carbonyl (C=O) groups is 1. The van der Waals surface area contributed by atoms with Gasteiger partial charge in [0.1, 0.15) is 17.3 Å². The summed E-state index contributed by atoms with van der Waals surface area (Å²) in [6.07, 6.45) is 0.